The Morgan fingerprint density at radius 3 is 1.10 bits per heavy atom. The molecule has 7 aromatic rings. The van der Waals surface area contributed by atoms with Gasteiger partial charge in [-0.3, -0.25) is 0 Å². The maximum Gasteiger partial charge on any atom is 0.0946 e. The van der Waals surface area contributed by atoms with Crippen LogP contribution in [0.25, 0.3) is 21.5 Å². The third kappa shape index (κ3) is 6.19. The predicted molar refractivity (Wildman–Crippen MR) is 255 cm³/mol. The summed E-state index contributed by atoms with van der Waals surface area (Å²) in [6.07, 6.45) is 9.30. The molecule has 2 fully saturated rings. The van der Waals surface area contributed by atoms with Gasteiger partial charge in [0.05, 0.1) is 22.4 Å². The van der Waals surface area contributed by atoms with Crippen molar-refractivity contribution in [1.29, 1.82) is 0 Å². The Labute approximate surface area is 370 Å². The fourth-order valence-electron chi connectivity index (χ4n) is 11.4. The van der Waals surface area contributed by atoms with Crippen molar-refractivity contribution in [3.05, 3.63) is 165 Å². The molecule has 2 aliphatic carbocycles. The molecule has 2 aliphatic heterocycles. The van der Waals surface area contributed by atoms with E-state index in [-0.39, 0.29) is 22.4 Å². The molecule has 0 amide bonds. The Morgan fingerprint density at radius 2 is 0.717 bits per heavy atom. The van der Waals surface area contributed by atoms with Crippen molar-refractivity contribution >= 4 is 87.5 Å². The number of benzene rings is 7. The zero-order valence-corrected chi connectivity index (χ0v) is 38.0. The Kier molecular flexibility index (Phi) is 9.00. The highest BCUT2D eigenvalue weighted by Crippen LogP contribution is 2.57. The van der Waals surface area contributed by atoms with E-state index in [0.29, 0.717) is 0 Å². The van der Waals surface area contributed by atoms with Crippen molar-refractivity contribution in [2.75, 3.05) is 9.80 Å². The van der Waals surface area contributed by atoms with Crippen LogP contribution in [0.2, 0.25) is 0 Å². The second-order valence-corrected chi connectivity index (χ2v) is 20.4. The number of ether oxygens (including phenoxy) is 2. The first-order valence-electron chi connectivity index (χ1n) is 21.7. The quantitative estimate of drug-likeness (QED) is 0.155. The van der Waals surface area contributed by atoms with Crippen LogP contribution >= 0.6 is 31.9 Å². The molecule has 0 aromatic heterocycles. The van der Waals surface area contributed by atoms with Gasteiger partial charge in [0.15, 0.2) is 0 Å². The molecular formula is C54H50Br2N2O2. The Morgan fingerprint density at radius 1 is 0.383 bits per heavy atom. The van der Waals surface area contributed by atoms with Gasteiger partial charge in [-0.1, -0.05) is 93.9 Å². The van der Waals surface area contributed by atoms with E-state index >= 15 is 0 Å². The van der Waals surface area contributed by atoms with E-state index in [1.54, 1.807) is 0 Å². The van der Waals surface area contributed by atoms with Crippen LogP contribution in [0.15, 0.2) is 142 Å². The van der Waals surface area contributed by atoms with Crippen molar-refractivity contribution in [1.82, 2.24) is 0 Å². The molecule has 6 heteroatoms. The summed E-state index contributed by atoms with van der Waals surface area (Å²) < 4.78 is 16.0. The van der Waals surface area contributed by atoms with Crippen molar-refractivity contribution in [3.63, 3.8) is 0 Å². The molecule has 0 N–H and O–H groups in total. The number of fused-ring (bicyclic) bond motifs is 7. The zero-order valence-electron chi connectivity index (χ0n) is 34.8. The summed E-state index contributed by atoms with van der Waals surface area (Å²) in [4.78, 5) is 4.78. The highest BCUT2D eigenvalue weighted by atomic mass is 79.9. The molecule has 0 bridgehead atoms. The normalized spacial score (nSPS) is 19.0. The highest BCUT2D eigenvalue weighted by molar-refractivity contribution is 9.10. The van der Waals surface area contributed by atoms with Crippen LogP contribution in [0.5, 0.6) is 0 Å². The molecule has 60 heavy (non-hydrogen) atoms. The van der Waals surface area contributed by atoms with Gasteiger partial charge in [0.2, 0.25) is 0 Å². The van der Waals surface area contributed by atoms with E-state index in [2.05, 4.69) is 203 Å². The van der Waals surface area contributed by atoms with Crippen molar-refractivity contribution < 1.29 is 9.47 Å². The predicted octanol–water partition coefficient (Wildman–Crippen LogP) is 16.5. The topological polar surface area (TPSA) is 24.9 Å². The van der Waals surface area contributed by atoms with E-state index in [1.165, 1.54) is 69.5 Å². The first-order chi connectivity index (χ1) is 28.9. The number of anilines is 6. The van der Waals surface area contributed by atoms with Crippen LogP contribution < -0.4 is 9.80 Å². The Balaban J connectivity index is 0.997. The van der Waals surface area contributed by atoms with Crippen LogP contribution in [0.4, 0.5) is 34.1 Å². The van der Waals surface area contributed by atoms with Gasteiger partial charge < -0.3 is 19.3 Å². The third-order valence-electron chi connectivity index (χ3n) is 14.0. The van der Waals surface area contributed by atoms with Crippen molar-refractivity contribution in [2.45, 2.75) is 101 Å². The first-order valence-corrected chi connectivity index (χ1v) is 23.3. The average Bonchev–Trinajstić information content (AvgIpc) is 4.01. The van der Waals surface area contributed by atoms with E-state index in [1.807, 2.05) is 0 Å². The monoisotopic (exact) mass is 916 g/mol. The second kappa shape index (κ2) is 14.0. The van der Waals surface area contributed by atoms with Gasteiger partial charge in [0, 0.05) is 43.1 Å². The molecule has 2 spiro atoms. The molecule has 0 unspecified atom stereocenters. The standard InChI is InChI=1S/C54H50Br2N2O2/c1-51(2)49-33-43(21-25-47(49)53(59-51)27-5-6-28-53)57(39-15-11-37(55)12-16-39)41-19-23-45-35(31-41)9-10-36-32-42(20-24-46(36)45)58(40-17-13-38(56)14-18-40)44-22-26-48-50(34-44)52(3,4)60-54(48)29-7-8-30-54/h9-26,31-34H,5-8,27-30H2,1-4H3. The van der Waals surface area contributed by atoms with E-state index in [0.717, 1.165) is 68.8 Å². The van der Waals surface area contributed by atoms with Gasteiger partial charge in [-0.2, -0.15) is 0 Å². The molecule has 0 saturated heterocycles. The number of rotatable bonds is 6. The molecule has 2 heterocycles. The number of hydrogen-bond donors (Lipinski definition) is 0. The van der Waals surface area contributed by atoms with E-state index < -0.39 is 0 Å². The first kappa shape index (κ1) is 38.5. The lowest BCUT2D eigenvalue weighted by atomic mass is 9.87. The summed E-state index contributed by atoms with van der Waals surface area (Å²) in [5.74, 6) is 0. The molecule has 11 rings (SSSR count). The highest BCUT2D eigenvalue weighted by Gasteiger charge is 2.51. The molecule has 7 aromatic carbocycles. The minimum Gasteiger partial charge on any atom is -0.360 e. The van der Waals surface area contributed by atoms with Crippen LogP contribution in [0, 0.1) is 0 Å². The molecule has 4 aliphatic rings. The summed E-state index contributed by atoms with van der Waals surface area (Å²) in [7, 11) is 0. The third-order valence-corrected chi connectivity index (χ3v) is 15.1. The minimum absolute atomic E-state index is 0.148. The second-order valence-electron chi connectivity index (χ2n) is 18.6. The van der Waals surface area contributed by atoms with Gasteiger partial charge in [-0.05, 0) is 194 Å². The Bertz CT molecular complexity index is 2620. The smallest absolute Gasteiger partial charge is 0.0946 e. The molecule has 4 nitrogen and oxygen atoms in total. The molecular weight excluding hydrogens is 868 g/mol. The van der Waals surface area contributed by atoms with Crippen LogP contribution in [0.3, 0.4) is 0 Å². The lowest BCUT2D eigenvalue weighted by Crippen LogP contribution is -2.25. The SMILES string of the molecule is CC1(C)OC2(CCCC2)c2ccc(N(c3ccc(Br)cc3)c3ccc4c(ccc5cc(N(c6ccc(Br)cc6)c6ccc7c(c6)C(C)(C)OC76CCCC6)ccc54)c3)cc21. The van der Waals surface area contributed by atoms with Crippen LogP contribution in [0.1, 0.15) is 101 Å². The maximum atomic E-state index is 6.92. The lowest BCUT2D eigenvalue weighted by molar-refractivity contribution is -0.122. The summed E-state index contributed by atoms with van der Waals surface area (Å²) in [6.45, 7) is 8.96. The largest absolute Gasteiger partial charge is 0.360 e. The van der Waals surface area contributed by atoms with Gasteiger partial charge in [0.1, 0.15) is 0 Å². The Hall–Kier alpha value is -4.46. The molecule has 0 radical (unpaired) electrons. The van der Waals surface area contributed by atoms with Crippen LogP contribution in [-0.2, 0) is 31.9 Å². The van der Waals surface area contributed by atoms with E-state index in [4.69, 9.17) is 9.47 Å². The minimum atomic E-state index is -0.348. The van der Waals surface area contributed by atoms with Gasteiger partial charge in [0.25, 0.3) is 0 Å². The molecule has 0 atom stereocenters. The lowest BCUT2D eigenvalue weighted by Gasteiger charge is -2.28. The van der Waals surface area contributed by atoms with Crippen molar-refractivity contribution in [3.8, 4) is 0 Å². The summed E-state index contributed by atoms with van der Waals surface area (Å²) >= 11 is 7.36. The zero-order chi connectivity index (χ0) is 41.0. The molecule has 2 saturated carbocycles. The fraction of sp³-hybridized carbons (Fsp3) is 0.296. The molecule has 302 valence electrons. The van der Waals surface area contributed by atoms with Crippen molar-refractivity contribution in [2.24, 2.45) is 0 Å². The summed E-state index contributed by atoms with van der Waals surface area (Å²) in [5, 5.41) is 4.88. The fourth-order valence-corrected chi connectivity index (χ4v) is 11.9. The van der Waals surface area contributed by atoms with Gasteiger partial charge in [-0.25, -0.2) is 0 Å². The summed E-state index contributed by atoms with van der Waals surface area (Å²) in [6, 6.07) is 49.8. The van der Waals surface area contributed by atoms with Gasteiger partial charge in [-0.15, -0.1) is 0 Å². The maximum absolute atomic E-state index is 6.92. The number of nitrogens with zero attached hydrogens (tertiary/aromatic N) is 2. The van der Waals surface area contributed by atoms with Gasteiger partial charge >= 0.3 is 0 Å². The number of halogens is 2. The summed E-state index contributed by atoms with van der Waals surface area (Å²) in [5.41, 5.74) is 11.1. The van der Waals surface area contributed by atoms with E-state index in [9.17, 15) is 0 Å². The number of hydrogen-bond acceptors (Lipinski definition) is 4. The average molecular weight is 919 g/mol. The van der Waals surface area contributed by atoms with Crippen LogP contribution in [-0.4, -0.2) is 0 Å².